The molecule has 35 heavy (non-hydrogen) atoms. The first kappa shape index (κ1) is 24.2. The molecule has 1 aromatic heterocycles. The molecule has 4 amide bonds. The average molecular weight is 487 g/mol. The molecular formula is C24H24F3N5O3. The van der Waals surface area contributed by atoms with Crippen LogP contribution in [0.5, 0.6) is 0 Å². The third kappa shape index (κ3) is 4.58. The number of hydrogen-bond donors (Lipinski definition) is 2. The fraction of sp³-hybridized carbons (Fsp3) is 0.333. The Balaban J connectivity index is 1.63. The Hall–Kier alpha value is -3.89. The second-order valence-electron chi connectivity index (χ2n) is 8.26. The number of rotatable bonds is 6. The van der Waals surface area contributed by atoms with Crippen molar-refractivity contribution in [2.24, 2.45) is 0 Å². The topological polar surface area (TPSA) is 94.6 Å². The molecule has 2 aliphatic rings. The van der Waals surface area contributed by atoms with Crippen molar-refractivity contribution in [1.29, 1.82) is 0 Å². The van der Waals surface area contributed by atoms with E-state index in [0.29, 0.717) is 5.70 Å². The minimum atomic E-state index is -4.68. The standard InChI is InChI=1S/C24H24F3N5O3/c1-3-31-18-13-32(14(2)21(33)29-12-15-7-6-10-28-11-15)22(34)19(18)20(30-23(31)35)16-8-4-5-9-17(16)24(25,26)27/h4-11,14,20H,3,12-13H2,1-2H3,(H,29,33)(H,30,35). The Kier molecular flexibility index (Phi) is 6.51. The zero-order valence-corrected chi connectivity index (χ0v) is 19.1. The van der Waals surface area contributed by atoms with Crippen molar-refractivity contribution >= 4 is 17.8 Å². The van der Waals surface area contributed by atoms with Crippen LogP contribution in [0.4, 0.5) is 18.0 Å². The summed E-state index contributed by atoms with van der Waals surface area (Å²) in [5.74, 6) is -1.03. The van der Waals surface area contributed by atoms with Gasteiger partial charge in [-0.15, -0.1) is 0 Å². The van der Waals surface area contributed by atoms with Crippen molar-refractivity contribution in [3.05, 3.63) is 76.8 Å². The van der Waals surface area contributed by atoms with Gasteiger partial charge in [0.05, 0.1) is 29.4 Å². The Bertz CT molecular complexity index is 1180. The Morgan fingerprint density at radius 2 is 1.97 bits per heavy atom. The van der Waals surface area contributed by atoms with E-state index in [2.05, 4.69) is 15.6 Å². The molecule has 0 spiro atoms. The number of likely N-dealkylation sites (N-methyl/N-ethyl adjacent to an activating group) is 1. The number of nitrogens with one attached hydrogen (secondary N) is 2. The van der Waals surface area contributed by atoms with Crippen LogP contribution in [0.15, 0.2) is 60.1 Å². The molecular weight excluding hydrogens is 463 g/mol. The lowest BCUT2D eigenvalue weighted by Gasteiger charge is -2.33. The van der Waals surface area contributed by atoms with Gasteiger partial charge in [-0.25, -0.2) is 4.79 Å². The first-order valence-electron chi connectivity index (χ1n) is 11.1. The van der Waals surface area contributed by atoms with E-state index < -0.39 is 41.7 Å². The fourth-order valence-electron chi connectivity index (χ4n) is 4.38. The van der Waals surface area contributed by atoms with Gasteiger partial charge in [0, 0.05) is 25.5 Å². The lowest BCUT2D eigenvalue weighted by Crippen LogP contribution is -2.47. The molecule has 0 aliphatic carbocycles. The van der Waals surface area contributed by atoms with E-state index in [1.165, 1.54) is 28.0 Å². The van der Waals surface area contributed by atoms with Crippen LogP contribution in [-0.2, 0) is 22.3 Å². The van der Waals surface area contributed by atoms with Crippen LogP contribution >= 0.6 is 0 Å². The quantitative estimate of drug-likeness (QED) is 0.655. The fourth-order valence-corrected chi connectivity index (χ4v) is 4.38. The molecule has 3 heterocycles. The summed E-state index contributed by atoms with van der Waals surface area (Å²) in [6, 6.07) is 5.55. The van der Waals surface area contributed by atoms with Gasteiger partial charge in [0.15, 0.2) is 0 Å². The summed E-state index contributed by atoms with van der Waals surface area (Å²) in [6.45, 7) is 3.59. The highest BCUT2D eigenvalue weighted by Crippen LogP contribution is 2.41. The monoisotopic (exact) mass is 487 g/mol. The van der Waals surface area contributed by atoms with Gasteiger partial charge in [-0.05, 0) is 37.1 Å². The van der Waals surface area contributed by atoms with Gasteiger partial charge in [0.2, 0.25) is 5.91 Å². The van der Waals surface area contributed by atoms with Crippen LogP contribution in [0.25, 0.3) is 0 Å². The predicted molar refractivity (Wildman–Crippen MR) is 119 cm³/mol. The van der Waals surface area contributed by atoms with Crippen LogP contribution in [0.3, 0.4) is 0 Å². The Morgan fingerprint density at radius 3 is 2.63 bits per heavy atom. The van der Waals surface area contributed by atoms with Crippen molar-refractivity contribution in [3.8, 4) is 0 Å². The molecule has 0 saturated carbocycles. The predicted octanol–water partition coefficient (Wildman–Crippen LogP) is 2.99. The number of alkyl halides is 3. The Morgan fingerprint density at radius 1 is 1.23 bits per heavy atom. The van der Waals surface area contributed by atoms with Gasteiger partial charge in [-0.1, -0.05) is 24.3 Å². The summed E-state index contributed by atoms with van der Waals surface area (Å²) < 4.78 is 41.2. The maximum atomic E-state index is 13.7. The van der Waals surface area contributed by atoms with Crippen LogP contribution in [0, 0.1) is 0 Å². The van der Waals surface area contributed by atoms with Crippen LogP contribution < -0.4 is 10.6 Å². The van der Waals surface area contributed by atoms with Gasteiger partial charge in [-0.2, -0.15) is 13.2 Å². The maximum Gasteiger partial charge on any atom is 0.416 e. The van der Waals surface area contributed by atoms with E-state index >= 15 is 0 Å². The number of amides is 4. The van der Waals surface area contributed by atoms with E-state index in [1.807, 2.05) is 0 Å². The molecule has 4 rings (SSSR count). The van der Waals surface area contributed by atoms with Gasteiger partial charge in [0.25, 0.3) is 5.91 Å². The third-order valence-electron chi connectivity index (χ3n) is 6.18. The first-order valence-corrected chi connectivity index (χ1v) is 11.1. The molecule has 2 unspecified atom stereocenters. The molecule has 2 aromatic rings. The average Bonchev–Trinajstić information content (AvgIpc) is 3.18. The van der Waals surface area contributed by atoms with Crippen molar-refractivity contribution in [1.82, 2.24) is 25.4 Å². The van der Waals surface area contributed by atoms with E-state index in [-0.39, 0.29) is 30.8 Å². The summed E-state index contributed by atoms with van der Waals surface area (Å²) >= 11 is 0. The van der Waals surface area contributed by atoms with Gasteiger partial charge in [-0.3, -0.25) is 19.5 Å². The van der Waals surface area contributed by atoms with E-state index in [4.69, 9.17) is 0 Å². The second-order valence-corrected chi connectivity index (χ2v) is 8.26. The number of carbonyl (C=O) groups is 3. The van der Waals surface area contributed by atoms with Crippen LogP contribution in [-0.4, -0.2) is 51.8 Å². The smallest absolute Gasteiger partial charge is 0.350 e. The summed E-state index contributed by atoms with van der Waals surface area (Å²) in [4.78, 5) is 45.7. The minimum Gasteiger partial charge on any atom is -0.350 e. The maximum absolute atomic E-state index is 13.7. The molecule has 8 nitrogen and oxygen atoms in total. The highest BCUT2D eigenvalue weighted by Gasteiger charge is 2.47. The lowest BCUT2D eigenvalue weighted by atomic mass is 9.91. The molecule has 0 bridgehead atoms. The van der Waals surface area contributed by atoms with Gasteiger partial charge in [0.1, 0.15) is 6.04 Å². The van der Waals surface area contributed by atoms with E-state index in [1.54, 1.807) is 38.4 Å². The van der Waals surface area contributed by atoms with Crippen LogP contribution in [0.2, 0.25) is 0 Å². The molecule has 1 aromatic carbocycles. The normalized spacial score (nSPS) is 18.9. The zero-order valence-electron chi connectivity index (χ0n) is 19.1. The van der Waals surface area contributed by atoms with Crippen molar-refractivity contribution in [3.63, 3.8) is 0 Å². The largest absolute Gasteiger partial charge is 0.416 e. The minimum absolute atomic E-state index is 0.0371. The van der Waals surface area contributed by atoms with Gasteiger partial charge >= 0.3 is 12.2 Å². The molecule has 184 valence electrons. The number of pyridine rings is 1. The van der Waals surface area contributed by atoms with Crippen molar-refractivity contribution in [2.45, 2.75) is 38.7 Å². The first-order chi connectivity index (χ1) is 16.6. The highest BCUT2D eigenvalue weighted by atomic mass is 19.4. The number of urea groups is 1. The van der Waals surface area contributed by atoms with Crippen molar-refractivity contribution < 1.29 is 27.6 Å². The van der Waals surface area contributed by atoms with E-state index in [9.17, 15) is 27.6 Å². The Labute approximate surface area is 199 Å². The summed E-state index contributed by atoms with van der Waals surface area (Å²) in [5.41, 5.74) is -0.0460. The molecule has 2 aliphatic heterocycles. The number of nitrogens with zero attached hydrogens (tertiary/aromatic N) is 3. The number of benzene rings is 1. The molecule has 2 atom stereocenters. The zero-order chi connectivity index (χ0) is 25.3. The molecule has 11 heteroatoms. The summed E-state index contributed by atoms with van der Waals surface area (Å²) in [6.07, 6.45) is -1.47. The summed E-state index contributed by atoms with van der Waals surface area (Å²) in [5, 5.41) is 5.30. The number of halogens is 3. The molecule has 0 radical (unpaired) electrons. The molecule has 0 fully saturated rings. The summed E-state index contributed by atoms with van der Waals surface area (Å²) in [7, 11) is 0. The third-order valence-corrected chi connectivity index (χ3v) is 6.18. The highest BCUT2D eigenvalue weighted by molar-refractivity contribution is 6.03. The molecule has 0 saturated heterocycles. The molecule has 2 N–H and O–H groups in total. The van der Waals surface area contributed by atoms with Crippen LogP contribution in [0.1, 0.15) is 36.6 Å². The lowest BCUT2D eigenvalue weighted by molar-refractivity contribution is -0.138. The number of hydrogen-bond acceptors (Lipinski definition) is 4. The SMILES string of the molecule is CCN1C(=O)NC(c2ccccc2C(F)(F)F)C2=C1CN(C(C)C(=O)NCc1cccnc1)C2=O. The number of aromatic nitrogens is 1. The van der Waals surface area contributed by atoms with Gasteiger partial charge < -0.3 is 15.5 Å². The number of carbonyl (C=O) groups excluding carboxylic acids is 3. The second kappa shape index (κ2) is 9.40. The van der Waals surface area contributed by atoms with E-state index in [0.717, 1.165) is 11.6 Å². The van der Waals surface area contributed by atoms with Crippen molar-refractivity contribution in [2.75, 3.05) is 13.1 Å².